The summed E-state index contributed by atoms with van der Waals surface area (Å²) in [5.74, 6) is 2.17. The Kier molecular flexibility index (Phi) is 6.42. The molecule has 1 saturated heterocycles. The molecule has 0 spiro atoms. The molecule has 0 aliphatic carbocycles. The third-order valence-corrected chi connectivity index (χ3v) is 6.08. The third kappa shape index (κ3) is 4.73. The fraction of sp³-hybridized carbons (Fsp3) is 0.296. The summed E-state index contributed by atoms with van der Waals surface area (Å²) in [6.07, 6.45) is 5.11. The van der Waals surface area contributed by atoms with Crippen LogP contribution in [0.1, 0.15) is 47.5 Å². The number of hydrogen-bond donors (Lipinski definition) is 0. The van der Waals surface area contributed by atoms with Crippen LogP contribution >= 0.6 is 0 Å². The molecule has 174 valence electrons. The molecule has 0 unspecified atom stereocenters. The molecule has 4 aromatic rings. The van der Waals surface area contributed by atoms with Crippen LogP contribution in [0.3, 0.4) is 0 Å². The van der Waals surface area contributed by atoms with E-state index in [2.05, 4.69) is 9.97 Å². The molecule has 1 aliphatic heterocycles. The number of rotatable bonds is 7. The van der Waals surface area contributed by atoms with Crippen LogP contribution in [0.4, 0.5) is 0 Å². The predicted molar refractivity (Wildman–Crippen MR) is 128 cm³/mol. The number of fused-ring (bicyclic) bond motifs is 1. The summed E-state index contributed by atoms with van der Waals surface area (Å²) >= 11 is 0. The van der Waals surface area contributed by atoms with Crippen LogP contribution in [0.5, 0.6) is 11.5 Å². The van der Waals surface area contributed by atoms with Gasteiger partial charge in [0.1, 0.15) is 12.1 Å². The average molecular weight is 458 g/mol. The first-order chi connectivity index (χ1) is 16.7. The van der Waals surface area contributed by atoms with E-state index < -0.39 is 0 Å². The molecule has 3 heterocycles. The highest BCUT2D eigenvalue weighted by Gasteiger charge is 2.28. The smallest absolute Gasteiger partial charge is 0.253 e. The van der Waals surface area contributed by atoms with Crippen molar-refractivity contribution in [3.05, 3.63) is 84.0 Å². The molecule has 1 aliphatic rings. The number of nitrogens with zero attached hydrogens (tertiary/aromatic N) is 3. The van der Waals surface area contributed by atoms with Gasteiger partial charge in [-0.3, -0.25) is 9.78 Å². The number of piperidine rings is 1. The SMILES string of the molecule is CCOc1cc(C(=O)N2CCC(c3nc4ccccc4o3)CC2)ccc1OCc1ccncc1. The number of hydrogen-bond acceptors (Lipinski definition) is 6. The van der Waals surface area contributed by atoms with E-state index in [1.54, 1.807) is 24.5 Å². The van der Waals surface area contributed by atoms with E-state index in [9.17, 15) is 4.79 Å². The largest absolute Gasteiger partial charge is 0.490 e. The first-order valence-electron chi connectivity index (χ1n) is 11.6. The van der Waals surface area contributed by atoms with Crippen molar-refractivity contribution in [2.45, 2.75) is 32.3 Å². The van der Waals surface area contributed by atoms with E-state index in [0.29, 0.717) is 43.4 Å². The van der Waals surface area contributed by atoms with E-state index in [4.69, 9.17) is 13.9 Å². The number of pyridine rings is 1. The van der Waals surface area contributed by atoms with E-state index in [-0.39, 0.29) is 11.8 Å². The number of amides is 1. The van der Waals surface area contributed by atoms with Crippen molar-refractivity contribution in [3.8, 4) is 11.5 Å². The number of carbonyl (C=O) groups is 1. The molecule has 0 saturated carbocycles. The van der Waals surface area contributed by atoms with Crippen molar-refractivity contribution in [3.63, 3.8) is 0 Å². The monoisotopic (exact) mass is 457 g/mol. The summed E-state index contributed by atoms with van der Waals surface area (Å²) in [6.45, 7) is 4.12. The zero-order chi connectivity index (χ0) is 23.3. The predicted octanol–water partition coefficient (Wildman–Crippen LogP) is 5.22. The highest BCUT2D eigenvalue weighted by Crippen LogP contribution is 2.32. The maximum absolute atomic E-state index is 13.2. The van der Waals surface area contributed by atoms with Crippen molar-refractivity contribution >= 4 is 17.0 Å². The van der Waals surface area contributed by atoms with Crippen LogP contribution in [0.25, 0.3) is 11.1 Å². The number of aromatic nitrogens is 2. The van der Waals surface area contributed by atoms with Gasteiger partial charge in [0.15, 0.2) is 23.0 Å². The van der Waals surface area contributed by atoms with Gasteiger partial charge in [0.05, 0.1) is 6.61 Å². The zero-order valence-corrected chi connectivity index (χ0v) is 19.1. The molecule has 2 aromatic carbocycles. The molecule has 1 amide bonds. The van der Waals surface area contributed by atoms with Crippen molar-refractivity contribution in [2.75, 3.05) is 19.7 Å². The zero-order valence-electron chi connectivity index (χ0n) is 19.1. The lowest BCUT2D eigenvalue weighted by molar-refractivity contribution is 0.0706. The Balaban J connectivity index is 1.24. The van der Waals surface area contributed by atoms with Gasteiger partial charge in [-0.25, -0.2) is 4.98 Å². The highest BCUT2D eigenvalue weighted by atomic mass is 16.5. The molecule has 5 rings (SSSR count). The second-order valence-electron chi connectivity index (χ2n) is 8.32. The minimum Gasteiger partial charge on any atom is -0.490 e. The van der Waals surface area contributed by atoms with Gasteiger partial charge in [0.2, 0.25) is 0 Å². The van der Waals surface area contributed by atoms with Crippen LogP contribution < -0.4 is 9.47 Å². The molecule has 7 heteroatoms. The molecule has 7 nitrogen and oxygen atoms in total. The summed E-state index contributed by atoms with van der Waals surface area (Å²) in [5, 5.41) is 0. The Morgan fingerprint density at radius 2 is 1.82 bits per heavy atom. The van der Waals surface area contributed by atoms with Gasteiger partial charge in [-0.05, 0) is 67.8 Å². The first-order valence-corrected chi connectivity index (χ1v) is 11.6. The van der Waals surface area contributed by atoms with E-state index in [1.165, 1.54) is 0 Å². The molecule has 0 N–H and O–H groups in total. The Morgan fingerprint density at radius 1 is 1.03 bits per heavy atom. The fourth-order valence-electron chi connectivity index (χ4n) is 4.25. The van der Waals surface area contributed by atoms with Crippen LogP contribution in [-0.4, -0.2) is 40.5 Å². The van der Waals surface area contributed by atoms with E-state index in [0.717, 1.165) is 35.4 Å². The van der Waals surface area contributed by atoms with E-state index in [1.807, 2.05) is 54.3 Å². The number of para-hydroxylation sites is 2. The van der Waals surface area contributed by atoms with Gasteiger partial charge in [0, 0.05) is 37.0 Å². The Hall–Kier alpha value is -3.87. The lowest BCUT2D eigenvalue weighted by Crippen LogP contribution is -2.38. The van der Waals surface area contributed by atoms with Crippen LogP contribution in [-0.2, 0) is 6.61 Å². The van der Waals surface area contributed by atoms with Gasteiger partial charge in [-0.1, -0.05) is 12.1 Å². The van der Waals surface area contributed by atoms with Gasteiger partial charge in [-0.2, -0.15) is 0 Å². The minimum absolute atomic E-state index is 0.00217. The normalized spacial score (nSPS) is 14.3. The lowest BCUT2D eigenvalue weighted by atomic mass is 9.96. The molecule has 0 atom stereocenters. The topological polar surface area (TPSA) is 77.7 Å². The third-order valence-electron chi connectivity index (χ3n) is 6.08. The van der Waals surface area contributed by atoms with Gasteiger partial charge < -0.3 is 18.8 Å². The maximum Gasteiger partial charge on any atom is 0.253 e. The Morgan fingerprint density at radius 3 is 2.59 bits per heavy atom. The fourth-order valence-corrected chi connectivity index (χ4v) is 4.25. The number of likely N-dealkylation sites (tertiary alicyclic amines) is 1. The van der Waals surface area contributed by atoms with Crippen molar-refractivity contribution in [2.24, 2.45) is 0 Å². The molecule has 0 bridgehead atoms. The van der Waals surface area contributed by atoms with Crippen molar-refractivity contribution < 1.29 is 18.7 Å². The quantitative estimate of drug-likeness (QED) is 0.379. The van der Waals surface area contributed by atoms with Crippen molar-refractivity contribution in [1.29, 1.82) is 0 Å². The maximum atomic E-state index is 13.2. The van der Waals surface area contributed by atoms with Gasteiger partial charge >= 0.3 is 0 Å². The number of oxazole rings is 1. The van der Waals surface area contributed by atoms with Gasteiger partial charge in [0.25, 0.3) is 5.91 Å². The second kappa shape index (κ2) is 9.95. The Labute approximate surface area is 198 Å². The second-order valence-corrected chi connectivity index (χ2v) is 8.32. The van der Waals surface area contributed by atoms with Crippen LogP contribution in [0, 0.1) is 0 Å². The van der Waals surface area contributed by atoms with E-state index >= 15 is 0 Å². The highest BCUT2D eigenvalue weighted by molar-refractivity contribution is 5.95. The molecule has 0 radical (unpaired) electrons. The van der Waals surface area contributed by atoms with Gasteiger partial charge in [-0.15, -0.1) is 0 Å². The number of carbonyl (C=O) groups excluding carboxylic acids is 1. The lowest BCUT2D eigenvalue weighted by Gasteiger charge is -2.30. The summed E-state index contributed by atoms with van der Waals surface area (Å²) in [7, 11) is 0. The molecule has 34 heavy (non-hydrogen) atoms. The first kappa shape index (κ1) is 21.9. The molecular weight excluding hydrogens is 430 g/mol. The van der Waals surface area contributed by atoms with Crippen molar-refractivity contribution in [1.82, 2.24) is 14.9 Å². The summed E-state index contributed by atoms with van der Waals surface area (Å²) in [6, 6.07) is 17.0. The van der Waals surface area contributed by atoms with Crippen LogP contribution in [0.2, 0.25) is 0 Å². The summed E-state index contributed by atoms with van der Waals surface area (Å²) in [5.41, 5.74) is 3.30. The number of benzene rings is 2. The summed E-state index contributed by atoms with van der Waals surface area (Å²) < 4.78 is 17.7. The number of ether oxygens (including phenoxy) is 2. The molecular formula is C27H27N3O4. The standard InChI is InChI=1S/C27H27N3O4/c1-2-32-25-17-21(7-8-24(25)33-18-19-9-13-28-14-10-19)27(31)30-15-11-20(12-16-30)26-29-22-5-3-4-6-23(22)34-26/h3-10,13-14,17,20H,2,11-12,15-16,18H2,1H3. The Bertz CT molecular complexity index is 1230. The van der Waals surface area contributed by atoms with Crippen LogP contribution in [0.15, 0.2) is 71.4 Å². The summed E-state index contributed by atoms with van der Waals surface area (Å²) in [4.78, 5) is 23.8. The molecule has 1 fully saturated rings. The molecule has 2 aromatic heterocycles. The minimum atomic E-state index is -0.00217. The average Bonchev–Trinajstić information content (AvgIpc) is 3.33.